The smallest absolute Gasteiger partial charge is 0.467 e. The van der Waals surface area contributed by atoms with Gasteiger partial charge in [0.25, 0.3) is 0 Å². The van der Waals surface area contributed by atoms with Gasteiger partial charge in [-0.3, -0.25) is 9.05 Å². The summed E-state index contributed by atoms with van der Waals surface area (Å²) in [6.07, 6.45) is -0.568. The lowest BCUT2D eigenvalue weighted by Crippen LogP contribution is -2.43. The predicted molar refractivity (Wildman–Crippen MR) is 146 cm³/mol. The first-order chi connectivity index (χ1) is 18.1. The highest BCUT2D eigenvalue weighted by Gasteiger charge is 2.37. The van der Waals surface area contributed by atoms with Gasteiger partial charge in [-0.1, -0.05) is 42.5 Å². The Kier molecular flexibility index (Phi) is 11.5. The van der Waals surface area contributed by atoms with Gasteiger partial charge in [0.1, 0.15) is 18.4 Å². The van der Waals surface area contributed by atoms with Gasteiger partial charge in [-0.15, -0.1) is 0 Å². The van der Waals surface area contributed by atoms with E-state index < -0.39 is 37.1 Å². The molecule has 0 fully saturated rings. The lowest BCUT2D eigenvalue weighted by atomic mass is 10.0. The molecule has 0 saturated heterocycles. The van der Waals surface area contributed by atoms with Crippen molar-refractivity contribution in [3.05, 3.63) is 65.2 Å². The molecular formula is C28H40NO9P. The van der Waals surface area contributed by atoms with Gasteiger partial charge in [-0.05, 0) is 71.2 Å². The minimum absolute atomic E-state index is 0.0717. The van der Waals surface area contributed by atoms with Gasteiger partial charge < -0.3 is 19.5 Å². The summed E-state index contributed by atoms with van der Waals surface area (Å²) in [6, 6.07) is 13.5. The number of phosphoric acid groups is 1. The van der Waals surface area contributed by atoms with Gasteiger partial charge in [0.05, 0.1) is 18.3 Å². The van der Waals surface area contributed by atoms with Gasteiger partial charge in [0.15, 0.2) is 6.79 Å². The van der Waals surface area contributed by atoms with Crippen molar-refractivity contribution < 1.29 is 41.9 Å². The van der Waals surface area contributed by atoms with Crippen LogP contribution in [0.1, 0.15) is 58.2 Å². The zero-order valence-corrected chi connectivity index (χ0v) is 24.8. The molecule has 0 aliphatic carbocycles. The summed E-state index contributed by atoms with van der Waals surface area (Å²) in [7, 11) is -2.68. The van der Waals surface area contributed by atoms with E-state index in [4.69, 9.17) is 27.8 Å². The number of alkyl carbamates (subject to hydrolysis) is 1. The first kappa shape index (κ1) is 32.3. The van der Waals surface area contributed by atoms with E-state index in [1.54, 1.807) is 59.7 Å². The van der Waals surface area contributed by atoms with Crippen LogP contribution in [-0.4, -0.2) is 43.2 Å². The van der Waals surface area contributed by atoms with Crippen molar-refractivity contribution in [2.75, 3.05) is 13.9 Å². The third kappa shape index (κ3) is 12.2. The lowest BCUT2D eigenvalue weighted by molar-refractivity contribution is -0.143. The van der Waals surface area contributed by atoms with Crippen LogP contribution >= 0.6 is 7.82 Å². The minimum Gasteiger partial charge on any atom is -0.467 e. The molecule has 0 radical (unpaired) electrons. The molecule has 2 rings (SSSR count). The summed E-state index contributed by atoms with van der Waals surface area (Å²) in [5, 5.41) is 2.56. The Hall–Kier alpha value is -2.91. The van der Waals surface area contributed by atoms with E-state index in [0.717, 1.165) is 16.7 Å². The minimum atomic E-state index is -3.93. The van der Waals surface area contributed by atoms with Crippen LogP contribution in [-0.2, 0) is 45.4 Å². The fourth-order valence-corrected chi connectivity index (χ4v) is 5.04. The molecule has 1 amide bonds. The van der Waals surface area contributed by atoms with Crippen LogP contribution in [0.2, 0.25) is 0 Å². The Bertz CT molecular complexity index is 1120. The molecule has 0 saturated carbocycles. The fraction of sp³-hybridized carbons (Fsp3) is 0.500. The molecule has 1 atom stereocenters. The number of hydrogen-bond acceptors (Lipinski definition) is 9. The quantitative estimate of drug-likeness (QED) is 0.185. The van der Waals surface area contributed by atoms with Gasteiger partial charge in [-0.2, -0.15) is 0 Å². The van der Waals surface area contributed by atoms with E-state index in [1.807, 2.05) is 37.3 Å². The van der Waals surface area contributed by atoms with Crippen LogP contribution in [0.4, 0.5) is 4.79 Å². The average molecular weight is 566 g/mol. The molecule has 39 heavy (non-hydrogen) atoms. The summed E-state index contributed by atoms with van der Waals surface area (Å²) in [5.74, 6) is -0.131. The summed E-state index contributed by atoms with van der Waals surface area (Å²) in [5.41, 5.74) is 0.767. The Balaban J connectivity index is 2.01. The fourth-order valence-electron chi connectivity index (χ4n) is 3.38. The van der Waals surface area contributed by atoms with Crippen molar-refractivity contribution in [2.24, 2.45) is 0 Å². The second-order valence-electron chi connectivity index (χ2n) is 10.8. The number of phosphoric ester groups is 1. The molecule has 11 heteroatoms. The van der Waals surface area contributed by atoms with E-state index in [1.165, 1.54) is 7.11 Å². The molecule has 0 bridgehead atoms. The molecule has 0 aliphatic heterocycles. The highest BCUT2D eigenvalue weighted by atomic mass is 31.2. The highest BCUT2D eigenvalue weighted by Crippen LogP contribution is 2.55. The monoisotopic (exact) mass is 565 g/mol. The van der Waals surface area contributed by atoms with Crippen molar-refractivity contribution in [3.8, 4) is 5.75 Å². The van der Waals surface area contributed by atoms with E-state index >= 15 is 0 Å². The number of carbonyl (C=O) groups excluding carboxylic acids is 2. The average Bonchev–Trinajstić information content (AvgIpc) is 2.81. The van der Waals surface area contributed by atoms with Gasteiger partial charge in [-0.25, -0.2) is 18.7 Å². The molecule has 2 aromatic carbocycles. The topological polar surface area (TPSA) is 119 Å². The van der Waals surface area contributed by atoms with Crippen molar-refractivity contribution in [1.29, 1.82) is 0 Å². The number of carbonyl (C=O) groups is 2. The maximum atomic E-state index is 13.2. The predicted octanol–water partition coefficient (Wildman–Crippen LogP) is 6.10. The molecule has 2 aromatic rings. The van der Waals surface area contributed by atoms with Crippen LogP contribution in [0.25, 0.3) is 0 Å². The number of amides is 1. The number of rotatable bonds is 12. The number of esters is 1. The van der Waals surface area contributed by atoms with E-state index in [9.17, 15) is 14.2 Å². The molecule has 0 unspecified atom stereocenters. The van der Waals surface area contributed by atoms with Crippen LogP contribution in [0.5, 0.6) is 5.75 Å². The van der Waals surface area contributed by atoms with Gasteiger partial charge in [0, 0.05) is 6.42 Å². The van der Waals surface area contributed by atoms with E-state index in [-0.39, 0.29) is 19.8 Å². The Labute approximate surface area is 230 Å². The zero-order valence-electron chi connectivity index (χ0n) is 23.9. The Morgan fingerprint density at radius 1 is 0.923 bits per heavy atom. The summed E-state index contributed by atoms with van der Waals surface area (Å²) in [4.78, 5) is 24.6. The first-order valence-electron chi connectivity index (χ1n) is 12.5. The third-order valence-electron chi connectivity index (χ3n) is 4.87. The first-order valence-corrected chi connectivity index (χ1v) is 14.0. The Morgan fingerprint density at radius 3 is 2.08 bits per heavy atom. The molecule has 1 N–H and O–H groups in total. The standard InChI is InChI=1S/C28H40NO9P/c1-20-16-22(17-23(25(30)33-8)29-26(31)34-18-21-12-10-9-11-13-21)14-15-24(20)35-19-36-39(32,37-27(2,3)4)38-28(5,6)7/h9-16,23H,17-19H2,1-8H3,(H,29,31)/t23-/m0/s1. The number of hydrogen-bond donors (Lipinski definition) is 1. The number of aryl methyl sites for hydroxylation is 1. The van der Waals surface area contributed by atoms with Gasteiger partial charge in [0.2, 0.25) is 0 Å². The van der Waals surface area contributed by atoms with Gasteiger partial charge >= 0.3 is 19.9 Å². The highest BCUT2D eigenvalue weighted by molar-refractivity contribution is 7.48. The summed E-state index contributed by atoms with van der Waals surface area (Å²) >= 11 is 0. The lowest BCUT2D eigenvalue weighted by Gasteiger charge is -2.30. The normalized spacial score (nSPS) is 12.9. The van der Waals surface area contributed by atoms with Crippen molar-refractivity contribution >= 4 is 19.9 Å². The molecule has 216 valence electrons. The second-order valence-corrected chi connectivity index (χ2v) is 12.3. The number of methoxy groups -OCH3 is 1. The summed E-state index contributed by atoms with van der Waals surface area (Å²) < 4.78 is 45.6. The van der Waals surface area contributed by atoms with E-state index in [0.29, 0.717) is 5.75 Å². The SMILES string of the molecule is COC(=O)[C@H](Cc1ccc(OCOP(=O)(OC(C)(C)C)OC(C)(C)C)c(C)c1)NC(=O)OCc1ccccc1. The van der Waals surface area contributed by atoms with Crippen LogP contribution in [0, 0.1) is 6.92 Å². The van der Waals surface area contributed by atoms with E-state index in [2.05, 4.69) is 5.32 Å². The third-order valence-corrected chi connectivity index (χ3v) is 6.83. The van der Waals surface area contributed by atoms with Crippen LogP contribution in [0.3, 0.4) is 0 Å². The molecule has 0 heterocycles. The van der Waals surface area contributed by atoms with Crippen LogP contribution < -0.4 is 10.1 Å². The van der Waals surface area contributed by atoms with Crippen molar-refractivity contribution in [3.63, 3.8) is 0 Å². The second kappa shape index (κ2) is 13.9. The molecular weight excluding hydrogens is 525 g/mol. The molecule has 0 spiro atoms. The van der Waals surface area contributed by atoms with Crippen molar-refractivity contribution in [1.82, 2.24) is 5.32 Å². The number of ether oxygens (including phenoxy) is 3. The zero-order chi connectivity index (χ0) is 29.3. The molecule has 0 aromatic heterocycles. The Morgan fingerprint density at radius 2 is 1.54 bits per heavy atom. The van der Waals surface area contributed by atoms with Crippen molar-refractivity contribution in [2.45, 2.75) is 78.7 Å². The molecule has 0 aliphatic rings. The molecule has 10 nitrogen and oxygen atoms in total. The maximum Gasteiger partial charge on any atom is 0.478 e. The number of benzene rings is 2. The summed E-state index contributed by atoms with van der Waals surface area (Å²) in [6.45, 7) is 12.0. The maximum absolute atomic E-state index is 13.2. The largest absolute Gasteiger partial charge is 0.478 e. The van der Waals surface area contributed by atoms with Crippen LogP contribution in [0.15, 0.2) is 48.5 Å². The number of nitrogens with one attached hydrogen (secondary N) is 1.